The summed E-state index contributed by atoms with van der Waals surface area (Å²) in [4.78, 5) is 27.5. The summed E-state index contributed by atoms with van der Waals surface area (Å²) >= 11 is 0. The molecule has 1 saturated heterocycles. The lowest BCUT2D eigenvalue weighted by atomic mass is 10.0. The molecular weight excluding hydrogens is 492 g/mol. The number of benzene rings is 2. The highest BCUT2D eigenvalue weighted by molar-refractivity contribution is 6.04. The number of hydrazone groups is 1. The van der Waals surface area contributed by atoms with E-state index in [9.17, 15) is 9.59 Å². The van der Waals surface area contributed by atoms with Gasteiger partial charge in [0, 0.05) is 37.1 Å². The Morgan fingerprint density at radius 3 is 2.49 bits per heavy atom. The van der Waals surface area contributed by atoms with Gasteiger partial charge in [-0.2, -0.15) is 5.10 Å². The van der Waals surface area contributed by atoms with Crippen molar-refractivity contribution < 1.29 is 19.1 Å². The van der Waals surface area contributed by atoms with Crippen LogP contribution in [0.2, 0.25) is 0 Å². The number of likely N-dealkylation sites (tertiary alicyclic amines) is 1. The van der Waals surface area contributed by atoms with E-state index in [-0.39, 0.29) is 17.9 Å². The van der Waals surface area contributed by atoms with Gasteiger partial charge in [-0.15, -0.1) is 0 Å². The van der Waals surface area contributed by atoms with E-state index in [4.69, 9.17) is 14.6 Å². The maximum atomic E-state index is 12.7. The van der Waals surface area contributed by atoms with Gasteiger partial charge in [0.25, 0.3) is 0 Å². The van der Waals surface area contributed by atoms with Gasteiger partial charge in [-0.05, 0) is 87.5 Å². The summed E-state index contributed by atoms with van der Waals surface area (Å²) in [5.74, 6) is 1.49. The van der Waals surface area contributed by atoms with Crippen molar-refractivity contribution in [2.24, 2.45) is 5.10 Å². The van der Waals surface area contributed by atoms with Crippen molar-refractivity contribution in [2.75, 3.05) is 32.1 Å². The summed E-state index contributed by atoms with van der Waals surface area (Å²) in [6.45, 7) is 3.38. The molecule has 0 spiro atoms. The highest BCUT2D eigenvalue weighted by atomic mass is 16.5. The molecule has 5 rings (SSSR count). The van der Waals surface area contributed by atoms with Crippen molar-refractivity contribution in [1.82, 2.24) is 9.91 Å². The van der Waals surface area contributed by atoms with Crippen molar-refractivity contribution in [1.29, 1.82) is 0 Å². The van der Waals surface area contributed by atoms with Gasteiger partial charge in [0.1, 0.15) is 0 Å². The maximum Gasteiger partial charge on any atom is 0.243 e. The lowest BCUT2D eigenvalue weighted by Gasteiger charge is -2.26. The number of rotatable bonds is 10. The van der Waals surface area contributed by atoms with Gasteiger partial charge in [-0.3, -0.25) is 9.59 Å². The van der Waals surface area contributed by atoms with Gasteiger partial charge < -0.3 is 19.7 Å². The van der Waals surface area contributed by atoms with E-state index in [1.807, 2.05) is 42.5 Å². The first kappa shape index (κ1) is 27.2. The summed E-state index contributed by atoms with van der Waals surface area (Å²) in [6.07, 6.45) is 10.0. The Labute approximate surface area is 231 Å². The van der Waals surface area contributed by atoms with E-state index in [1.54, 1.807) is 12.1 Å². The number of nitrogens with zero attached hydrogens (tertiary/aromatic N) is 3. The third-order valence-electron chi connectivity index (χ3n) is 7.87. The van der Waals surface area contributed by atoms with Crippen LogP contribution in [0.1, 0.15) is 75.3 Å². The van der Waals surface area contributed by atoms with Crippen LogP contribution in [0.4, 0.5) is 5.69 Å². The maximum absolute atomic E-state index is 12.7. The normalized spacial score (nSPS) is 18.6. The van der Waals surface area contributed by atoms with E-state index in [1.165, 1.54) is 32.1 Å². The average Bonchev–Trinajstić information content (AvgIpc) is 3.48. The molecule has 8 nitrogen and oxygen atoms in total. The van der Waals surface area contributed by atoms with Crippen LogP contribution in [-0.2, 0) is 16.1 Å². The Hall–Kier alpha value is -3.39. The predicted octanol–water partition coefficient (Wildman–Crippen LogP) is 5.36. The highest BCUT2D eigenvalue weighted by Gasteiger charge is 2.24. The van der Waals surface area contributed by atoms with Crippen molar-refractivity contribution in [3.05, 3.63) is 53.6 Å². The number of carbonyl (C=O) groups excluding carboxylic acids is 2. The van der Waals surface area contributed by atoms with Crippen molar-refractivity contribution in [3.8, 4) is 11.5 Å². The van der Waals surface area contributed by atoms with Crippen LogP contribution in [-0.4, -0.2) is 60.3 Å². The molecule has 2 aliphatic heterocycles. The molecule has 1 aliphatic carbocycles. The molecule has 39 heavy (non-hydrogen) atoms. The van der Waals surface area contributed by atoms with E-state index in [0.29, 0.717) is 31.6 Å². The lowest BCUT2D eigenvalue weighted by molar-refractivity contribution is -0.132. The van der Waals surface area contributed by atoms with Crippen LogP contribution < -0.4 is 14.8 Å². The monoisotopic (exact) mass is 532 g/mol. The van der Waals surface area contributed by atoms with Gasteiger partial charge in [0.15, 0.2) is 11.5 Å². The molecule has 2 fully saturated rings. The Bertz CT molecular complexity index is 1170. The van der Waals surface area contributed by atoms with Crippen LogP contribution in [0, 0.1) is 0 Å². The molecular formula is C31H40N4O4. The van der Waals surface area contributed by atoms with Gasteiger partial charge in [-0.1, -0.05) is 18.6 Å². The molecule has 1 saturated carbocycles. The van der Waals surface area contributed by atoms with Crippen LogP contribution in [0.3, 0.4) is 0 Å². The zero-order chi connectivity index (χ0) is 27.0. The number of ether oxygens (including phenoxy) is 2. The number of piperidine rings is 1. The molecule has 1 N–H and O–H groups in total. The third-order valence-corrected chi connectivity index (χ3v) is 7.87. The summed E-state index contributed by atoms with van der Waals surface area (Å²) in [5.41, 5.74) is 3.54. The minimum Gasteiger partial charge on any atom is -0.493 e. The molecule has 0 bridgehead atoms. The molecule has 0 atom stereocenters. The van der Waals surface area contributed by atoms with Gasteiger partial charge in [0.05, 0.1) is 25.5 Å². The first-order valence-corrected chi connectivity index (χ1v) is 14.4. The number of amides is 2. The summed E-state index contributed by atoms with van der Waals surface area (Å²) < 4.78 is 11.8. The van der Waals surface area contributed by atoms with Gasteiger partial charge >= 0.3 is 0 Å². The molecule has 2 amide bonds. The predicted molar refractivity (Wildman–Crippen MR) is 152 cm³/mol. The quantitative estimate of drug-likeness (QED) is 0.446. The zero-order valence-electron chi connectivity index (χ0n) is 23.0. The number of methoxy groups -OCH3 is 1. The third kappa shape index (κ3) is 7.38. The Morgan fingerprint density at radius 2 is 1.74 bits per heavy atom. The second-order valence-corrected chi connectivity index (χ2v) is 10.8. The van der Waals surface area contributed by atoms with E-state index < -0.39 is 0 Å². The molecule has 2 aromatic rings. The number of hydrogen-bond acceptors (Lipinski definition) is 6. The van der Waals surface area contributed by atoms with Crippen molar-refractivity contribution >= 4 is 23.2 Å². The standard InChI is InChI=1S/C31H40N4O4/c1-38-28-15-11-24(21-29(28)39-26-7-3-4-8-26)27-14-16-31(37)35(33-27)22-23-9-12-25(13-10-23)32-30(36)17-20-34-18-5-2-6-19-34/h9-13,15,21,26H,2-8,14,16-20,22H2,1H3,(H,32,36). The molecule has 8 heteroatoms. The van der Waals surface area contributed by atoms with E-state index in [2.05, 4.69) is 10.2 Å². The van der Waals surface area contributed by atoms with Gasteiger partial charge in [-0.25, -0.2) is 5.01 Å². The Morgan fingerprint density at radius 1 is 0.974 bits per heavy atom. The largest absolute Gasteiger partial charge is 0.493 e. The fraction of sp³-hybridized carbons (Fsp3) is 0.516. The smallest absolute Gasteiger partial charge is 0.243 e. The number of nitrogens with one attached hydrogen (secondary N) is 1. The minimum absolute atomic E-state index is 0.00443. The molecule has 208 valence electrons. The molecule has 2 aromatic carbocycles. The second kappa shape index (κ2) is 13.1. The molecule has 0 radical (unpaired) electrons. The Balaban J connectivity index is 1.20. The molecule has 2 heterocycles. The van der Waals surface area contributed by atoms with Crippen LogP contribution in [0.25, 0.3) is 0 Å². The number of carbonyl (C=O) groups is 2. The van der Waals surface area contributed by atoms with Crippen LogP contribution in [0.5, 0.6) is 11.5 Å². The summed E-state index contributed by atoms with van der Waals surface area (Å²) in [7, 11) is 1.65. The van der Waals surface area contributed by atoms with E-state index in [0.717, 1.165) is 60.8 Å². The van der Waals surface area contributed by atoms with Gasteiger partial charge in [0.2, 0.25) is 11.8 Å². The molecule has 0 unspecified atom stereocenters. The lowest BCUT2D eigenvalue weighted by Crippen LogP contribution is -2.32. The first-order chi connectivity index (χ1) is 19.1. The highest BCUT2D eigenvalue weighted by Crippen LogP contribution is 2.33. The molecule has 3 aliphatic rings. The SMILES string of the molecule is COc1ccc(C2=NN(Cc3ccc(NC(=O)CCN4CCCCC4)cc3)C(=O)CC2)cc1OC1CCCC1. The fourth-order valence-electron chi connectivity index (χ4n) is 5.60. The molecule has 0 aromatic heterocycles. The summed E-state index contributed by atoms with van der Waals surface area (Å²) in [5, 5.41) is 9.27. The Kier molecular flexibility index (Phi) is 9.14. The summed E-state index contributed by atoms with van der Waals surface area (Å²) in [6, 6.07) is 13.6. The topological polar surface area (TPSA) is 83.5 Å². The number of hydrogen-bond donors (Lipinski definition) is 1. The first-order valence-electron chi connectivity index (χ1n) is 14.4. The number of anilines is 1. The van der Waals surface area contributed by atoms with Crippen LogP contribution in [0.15, 0.2) is 47.6 Å². The van der Waals surface area contributed by atoms with E-state index >= 15 is 0 Å². The minimum atomic E-state index is 0.00443. The van der Waals surface area contributed by atoms with Crippen LogP contribution >= 0.6 is 0 Å². The zero-order valence-corrected chi connectivity index (χ0v) is 23.0. The second-order valence-electron chi connectivity index (χ2n) is 10.8. The van der Waals surface area contributed by atoms with Crippen molar-refractivity contribution in [2.45, 2.75) is 76.9 Å². The fourth-order valence-corrected chi connectivity index (χ4v) is 5.60. The average molecular weight is 533 g/mol. The van der Waals surface area contributed by atoms with Crippen molar-refractivity contribution in [3.63, 3.8) is 0 Å².